The van der Waals surface area contributed by atoms with Gasteiger partial charge in [0.1, 0.15) is 5.75 Å². The molecule has 15 heavy (non-hydrogen) atoms. The van der Waals surface area contributed by atoms with Crippen molar-refractivity contribution < 1.29 is 13.9 Å². The zero-order valence-electron chi connectivity index (χ0n) is 9.16. The molecule has 1 aromatic rings. The van der Waals surface area contributed by atoms with Crippen molar-refractivity contribution in [3.8, 4) is 5.75 Å². The largest absolute Gasteiger partial charge is 0.491 e. The molecule has 0 aliphatic carbocycles. The lowest BCUT2D eigenvalue weighted by molar-refractivity contribution is -0.117. The predicted molar refractivity (Wildman–Crippen MR) is 56.7 cm³/mol. The van der Waals surface area contributed by atoms with Crippen LogP contribution in [-0.2, 0) is 10.5 Å². The van der Waals surface area contributed by atoms with Gasteiger partial charge in [0.15, 0.2) is 12.0 Å². The lowest BCUT2D eigenvalue weighted by Crippen LogP contribution is -2.17. The summed E-state index contributed by atoms with van der Waals surface area (Å²) in [7, 11) is 0. The van der Waals surface area contributed by atoms with Crippen molar-refractivity contribution in [2.45, 2.75) is 32.5 Å². The van der Waals surface area contributed by atoms with E-state index in [9.17, 15) is 9.18 Å². The second-order valence-corrected chi connectivity index (χ2v) is 3.89. The SMILES string of the molecule is CC(C)Oc1cccc(C(C)(F)C=O)c1. The van der Waals surface area contributed by atoms with E-state index in [4.69, 9.17) is 4.74 Å². The predicted octanol–water partition coefficient (Wildman–Crippen LogP) is 2.86. The number of hydrogen-bond donors (Lipinski definition) is 0. The molecule has 1 rings (SSSR count). The molecule has 1 aromatic carbocycles. The molecule has 0 fully saturated rings. The molecule has 0 radical (unpaired) electrons. The molecule has 1 atom stereocenters. The Morgan fingerprint density at radius 3 is 2.67 bits per heavy atom. The smallest absolute Gasteiger partial charge is 0.188 e. The maximum absolute atomic E-state index is 13.6. The number of carbonyl (C=O) groups excluding carboxylic acids is 1. The molecule has 0 aromatic heterocycles. The molecule has 0 heterocycles. The summed E-state index contributed by atoms with van der Waals surface area (Å²) in [6.07, 6.45) is 0.323. The van der Waals surface area contributed by atoms with Gasteiger partial charge in [-0.2, -0.15) is 0 Å². The third-order valence-electron chi connectivity index (χ3n) is 1.99. The number of alkyl halides is 1. The van der Waals surface area contributed by atoms with Gasteiger partial charge in [-0.3, -0.25) is 4.79 Å². The van der Waals surface area contributed by atoms with Crippen LogP contribution < -0.4 is 4.74 Å². The summed E-state index contributed by atoms with van der Waals surface area (Å²) in [5.41, 5.74) is -1.63. The highest BCUT2D eigenvalue weighted by molar-refractivity contribution is 5.65. The van der Waals surface area contributed by atoms with Crippen LogP contribution in [0.2, 0.25) is 0 Å². The van der Waals surface area contributed by atoms with E-state index in [2.05, 4.69) is 0 Å². The Morgan fingerprint density at radius 1 is 1.47 bits per heavy atom. The third kappa shape index (κ3) is 3.05. The summed E-state index contributed by atoms with van der Waals surface area (Å²) >= 11 is 0. The molecule has 0 spiro atoms. The zero-order valence-corrected chi connectivity index (χ0v) is 9.16. The van der Waals surface area contributed by atoms with Crippen LogP contribution in [0.4, 0.5) is 4.39 Å². The van der Waals surface area contributed by atoms with Crippen LogP contribution in [0.5, 0.6) is 5.75 Å². The minimum atomic E-state index is -1.95. The fourth-order valence-electron chi connectivity index (χ4n) is 1.21. The van der Waals surface area contributed by atoms with Gasteiger partial charge in [0, 0.05) is 0 Å². The van der Waals surface area contributed by atoms with Crippen molar-refractivity contribution in [1.82, 2.24) is 0 Å². The van der Waals surface area contributed by atoms with Crippen molar-refractivity contribution in [2.24, 2.45) is 0 Å². The van der Waals surface area contributed by atoms with Crippen LogP contribution >= 0.6 is 0 Å². The Balaban J connectivity index is 2.97. The minimum absolute atomic E-state index is 0.0300. The zero-order chi connectivity index (χ0) is 11.5. The molecule has 3 heteroatoms. The van der Waals surface area contributed by atoms with Gasteiger partial charge in [-0.1, -0.05) is 12.1 Å². The van der Waals surface area contributed by atoms with Crippen LogP contribution in [0, 0.1) is 0 Å². The fourth-order valence-corrected chi connectivity index (χ4v) is 1.21. The third-order valence-corrected chi connectivity index (χ3v) is 1.99. The van der Waals surface area contributed by atoms with E-state index in [0.717, 1.165) is 0 Å². The molecule has 0 saturated carbocycles. The molecule has 0 N–H and O–H groups in total. The van der Waals surface area contributed by atoms with E-state index in [1.807, 2.05) is 13.8 Å². The number of halogens is 1. The van der Waals surface area contributed by atoms with Gasteiger partial charge in [-0.15, -0.1) is 0 Å². The molecule has 1 unspecified atom stereocenters. The number of ether oxygens (including phenoxy) is 1. The van der Waals surface area contributed by atoms with Gasteiger partial charge in [0.05, 0.1) is 6.10 Å². The summed E-state index contributed by atoms with van der Waals surface area (Å²) in [4.78, 5) is 10.5. The Hall–Kier alpha value is -1.38. The van der Waals surface area contributed by atoms with Gasteiger partial charge < -0.3 is 4.74 Å². The van der Waals surface area contributed by atoms with Crippen LogP contribution in [-0.4, -0.2) is 12.4 Å². The van der Waals surface area contributed by atoms with Crippen molar-refractivity contribution >= 4 is 6.29 Å². The number of aldehydes is 1. The van der Waals surface area contributed by atoms with Gasteiger partial charge >= 0.3 is 0 Å². The summed E-state index contributed by atoms with van der Waals surface area (Å²) < 4.78 is 19.1. The standard InChI is InChI=1S/C12H15FO2/c1-9(2)15-11-6-4-5-10(7-11)12(3,13)8-14/h4-9H,1-3H3. The number of rotatable bonds is 4. The summed E-state index contributed by atoms with van der Waals surface area (Å²) in [5.74, 6) is 0.577. The Bertz CT molecular complexity index is 345. The number of benzene rings is 1. The lowest BCUT2D eigenvalue weighted by atomic mass is 9.99. The Morgan fingerprint density at radius 2 is 2.13 bits per heavy atom. The summed E-state index contributed by atoms with van der Waals surface area (Å²) in [6.45, 7) is 5.01. The maximum Gasteiger partial charge on any atom is 0.188 e. The number of carbonyl (C=O) groups is 1. The van der Waals surface area contributed by atoms with E-state index >= 15 is 0 Å². The molecule has 2 nitrogen and oxygen atoms in total. The highest BCUT2D eigenvalue weighted by Crippen LogP contribution is 2.26. The molecule has 0 saturated heterocycles. The van der Waals surface area contributed by atoms with E-state index in [-0.39, 0.29) is 6.10 Å². The molecule has 0 aliphatic heterocycles. The quantitative estimate of drug-likeness (QED) is 0.714. The lowest BCUT2D eigenvalue weighted by Gasteiger charge is -2.15. The van der Waals surface area contributed by atoms with Crippen LogP contribution in [0.3, 0.4) is 0 Å². The van der Waals surface area contributed by atoms with Crippen molar-refractivity contribution in [3.05, 3.63) is 29.8 Å². The van der Waals surface area contributed by atoms with Crippen LogP contribution in [0.1, 0.15) is 26.3 Å². The molecule has 0 aliphatic rings. The second-order valence-electron chi connectivity index (χ2n) is 3.89. The first kappa shape index (κ1) is 11.7. The minimum Gasteiger partial charge on any atom is -0.491 e. The molecular formula is C12H15FO2. The van der Waals surface area contributed by atoms with Gasteiger partial charge in [-0.05, 0) is 38.5 Å². The van der Waals surface area contributed by atoms with Crippen LogP contribution in [0.15, 0.2) is 24.3 Å². The first-order chi connectivity index (χ1) is 6.95. The maximum atomic E-state index is 13.6. The van der Waals surface area contributed by atoms with E-state index in [0.29, 0.717) is 17.6 Å². The highest BCUT2D eigenvalue weighted by atomic mass is 19.1. The Kier molecular flexibility index (Phi) is 3.45. The molecule has 82 valence electrons. The Labute approximate surface area is 89.1 Å². The first-order valence-electron chi connectivity index (χ1n) is 4.88. The topological polar surface area (TPSA) is 26.3 Å². The van der Waals surface area contributed by atoms with E-state index in [1.165, 1.54) is 6.92 Å². The first-order valence-corrected chi connectivity index (χ1v) is 4.88. The highest BCUT2D eigenvalue weighted by Gasteiger charge is 2.25. The molecule has 0 bridgehead atoms. The number of hydrogen-bond acceptors (Lipinski definition) is 2. The van der Waals surface area contributed by atoms with Gasteiger partial charge in [0.2, 0.25) is 0 Å². The van der Waals surface area contributed by atoms with Crippen molar-refractivity contribution in [2.75, 3.05) is 0 Å². The fraction of sp³-hybridized carbons (Fsp3) is 0.417. The average Bonchev–Trinajstić information content (AvgIpc) is 2.17. The average molecular weight is 210 g/mol. The van der Waals surface area contributed by atoms with Crippen molar-refractivity contribution in [3.63, 3.8) is 0 Å². The monoisotopic (exact) mass is 210 g/mol. The summed E-state index contributed by atoms with van der Waals surface area (Å²) in [6, 6.07) is 6.54. The normalized spacial score (nSPS) is 14.7. The molecule has 0 amide bonds. The molecular weight excluding hydrogens is 195 g/mol. The van der Waals surface area contributed by atoms with Crippen molar-refractivity contribution in [1.29, 1.82) is 0 Å². The van der Waals surface area contributed by atoms with E-state index < -0.39 is 5.67 Å². The summed E-state index contributed by atoms with van der Waals surface area (Å²) in [5, 5.41) is 0. The van der Waals surface area contributed by atoms with E-state index in [1.54, 1.807) is 24.3 Å². The van der Waals surface area contributed by atoms with Crippen LogP contribution in [0.25, 0.3) is 0 Å². The second kappa shape index (κ2) is 4.43. The van der Waals surface area contributed by atoms with Gasteiger partial charge in [-0.25, -0.2) is 4.39 Å². The van der Waals surface area contributed by atoms with Gasteiger partial charge in [0.25, 0.3) is 0 Å².